The number of halogens is 2. The standard InChI is InChI=1S/C20H28Cl2O4/c1-4-16-12-18(25-11-8-19(21)22)13-17(5-2)20(16)26-10-7-6-9-24-14-15(3)23/h8,12-13H,4-7,9-11,14H2,1-3H3. The van der Waals surface area contributed by atoms with E-state index in [0.29, 0.717) is 19.8 Å². The molecule has 1 aromatic rings. The van der Waals surface area contributed by atoms with Crippen LogP contribution in [0.25, 0.3) is 0 Å². The Labute approximate surface area is 166 Å². The van der Waals surface area contributed by atoms with Crippen LogP contribution in [-0.2, 0) is 22.4 Å². The van der Waals surface area contributed by atoms with Crippen molar-refractivity contribution in [3.63, 3.8) is 0 Å². The lowest BCUT2D eigenvalue weighted by Gasteiger charge is -2.17. The molecule has 0 spiro atoms. The number of carbonyl (C=O) groups excluding carboxylic acids is 1. The molecule has 1 rings (SSSR count). The van der Waals surface area contributed by atoms with Crippen molar-refractivity contribution in [1.29, 1.82) is 0 Å². The highest BCUT2D eigenvalue weighted by atomic mass is 35.5. The molecule has 0 saturated heterocycles. The molecule has 0 heterocycles. The van der Waals surface area contributed by atoms with E-state index < -0.39 is 0 Å². The van der Waals surface area contributed by atoms with E-state index in [-0.39, 0.29) is 16.9 Å². The molecule has 146 valence electrons. The number of carbonyl (C=O) groups is 1. The van der Waals surface area contributed by atoms with Gasteiger partial charge in [-0.1, -0.05) is 37.0 Å². The van der Waals surface area contributed by atoms with Gasteiger partial charge in [-0.15, -0.1) is 0 Å². The Balaban J connectivity index is 2.60. The molecule has 0 fully saturated rings. The van der Waals surface area contributed by atoms with Gasteiger partial charge < -0.3 is 14.2 Å². The average molecular weight is 403 g/mol. The number of ketones is 1. The minimum atomic E-state index is 0.0487. The Morgan fingerprint density at radius 2 is 1.65 bits per heavy atom. The number of hydrogen-bond donors (Lipinski definition) is 0. The summed E-state index contributed by atoms with van der Waals surface area (Å²) in [5, 5.41) is 0. The van der Waals surface area contributed by atoms with Crippen LogP contribution >= 0.6 is 23.2 Å². The first-order valence-corrected chi connectivity index (χ1v) is 9.73. The summed E-state index contributed by atoms with van der Waals surface area (Å²) in [5.74, 6) is 1.78. The number of ether oxygens (including phenoxy) is 3. The smallest absolute Gasteiger partial charge is 0.155 e. The van der Waals surface area contributed by atoms with E-state index >= 15 is 0 Å². The Bertz CT molecular complexity index is 570. The number of Topliss-reactive ketones (excluding diaryl/α,β-unsaturated/α-hetero) is 1. The molecule has 0 aromatic heterocycles. The average Bonchev–Trinajstić information content (AvgIpc) is 2.60. The van der Waals surface area contributed by atoms with Gasteiger partial charge in [0.15, 0.2) is 5.78 Å². The third-order valence-corrected chi connectivity index (χ3v) is 4.01. The normalized spacial score (nSPS) is 10.5. The highest BCUT2D eigenvalue weighted by Crippen LogP contribution is 2.31. The number of rotatable bonds is 13. The minimum absolute atomic E-state index is 0.0487. The molecule has 0 unspecified atom stereocenters. The molecule has 0 aliphatic rings. The number of aryl methyl sites for hydroxylation is 2. The third kappa shape index (κ3) is 8.93. The van der Waals surface area contributed by atoms with E-state index in [1.54, 1.807) is 6.08 Å². The summed E-state index contributed by atoms with van der Waals surface area (Å²) in [5.41, 5.74) is 2.24. The summed E-state index contributed by atoms with van der Waals surface area (Å²) in [6, 6.07) is 4.00. The highest BCUT2D eigenvalue weighted by molar-refractivity contribution is 6.55. The first-order valence-electron chi connectivity index (χ1n) is 8.97. The van der Waals surface area contributed by atoms with Crippen LogP contribution in [0.4, 0.5) is 0 Å². The van der Waals surface area contributed by atoms with E-state index in [1.807, 2.05) is 12.1 Å². The first kappa shape index (κ1) is 22.8. The second-order valence-electron chi connectivity index (χ2n) is 5.89. The SMILES string of the molecule is CCc1cc(OCC=C(Cl)Cl)cc(CC)c1OCCCCOCC(C)=O. The zero-order valence-corrected chi connectivity index (χ0v) is 17.3. The largest absolute Gasteiger partial charge is 0.493 e. The molecular weight excluding hydrogens is 375 g/mol. The number of hydrogen-bond acceptors (Lipinski definition) is 4. The van der Waals surface area contributed by atoms with Gasteiger partial charge in [0.2, 0.25) is 0 Å². The van der Waals surface area contributed by atoms with Gasteiger partial charge in [0.05, 0.1) is 6.61 Å². The number of unbranched alkanes of at least 4 members (excludes halogenated alkanes) is 1. The Morgan fingerprint density at radius 1 is 1.04 bits per heavy atom. The zero-order valence-electron chi connectivity index (χ0n) is 15.8. The maximum Gasteiger partial charge on any atom is 0.155 e. The molecule has 0 N–H and O–H groups in total. The van der Waals surface area contributed by atoms with Gasteiger partial charge in [0.25, 0.3) is 0 Å². The fourth-order valence-electron chi connectivity index (χ4n) is 2.41. The van der Waals surface area contributed by atoms with E-state index in [0.717, 1.165) is 48.3 Å². The molecule has 26 heavy (non-hydrogen) atoms. The molecule has 0 aliphatic heterocycles. The van der Waals surface area contributed by atoms with Crippen LogP contribution in [0.2, 0.25) is 0 Å². The van der Waals surface area contributed by atoms with Crippen molar-refractivity contribution >= 4 is 29.0 Å². The van der Waals surface area contributed by atoms with Crippen molar-refractivity contribution < 1.29 is 19.0 Å². The molecule has 1 aromatic carbocycles. The molecule has 0 aliphatic carbocycles. The van der Waals surface area contributed by atoms with Crippen LogP contribution < -0.4 is 9.47 Å². The van der Waals surface area contributed by atoms with Crippen LogP contribution in [0.5, 0.6) is 11.5 Å². The fraction of sp³-hybridized carbons (Fsp3) is 0.550. The van der Waals surface area contributed by atoms with E-state index in [2.05, 4.69) is 13.8 Å². The Hall–Kier alpha value is -1.23. The van der Waals surface area contributed by atoms with Crippen LogP contribution in [0, 0.1) is 0 Å². The lowest BCUT2D eigenvalue weighted by molar-refractivity contribution is -0.121. The monoisotopic (exact) mass is 402 g/mol. The lowest BCUT2D eigenvalue weighted by atomic mass is 10.0. The van der Waals surface area contributed by atoms with Gasteiger partial charge in [-0.2, -0.15) is 0 Å². The van der Waals surface area contributed by atoms with Crippen molar-refractivity contribution in [2.24, 2.45) is 0 Å². The second kappa shape index (κ2) is 13.0. The molecule has 0 saturated carbocycles. The minimum Gasteiger partial charge on any atom is -0.493 e. The predicted octanol–water partition coefficient (Wildman–Crippen LogP) is 5.27. The van der Waals surface area contributed by atoms with Crippen LogP contribution in [-0.4, -0.2) is 32.2 Å². The molecule has 0 atom stereocenters. The van der Waals surface area contributed by atoms with Gasteiger partial charge in [-0.3, -0.25) is 4.79 Å². The van der Waals surface area contributed by atoms with Gasteiger partial charge in [-0.05, 0) is 61.9 Å². The van der Waals surface area contributed by atoms with Crippen molar-refractivity contribution in [3.05, 3.63) is 33.8 Å². The lowest BCUT2D eigenvalue weighted by Crippen LogP contribution is -2.08. The molecule has 0 amide bonds. The molecule has 0 bridgehead atoms. The van der Waals surface area contributed by atoms with Gasteiger partial charge in [0.1, 0.15) is 29.2 Å². The van der Waals surface area contributed by atoms with E-state index in [9.17, 15) is 4.79 Å². The molecule has 6 heteroatoms. The summed E-state index contributed by atoms with van der Waals surface area (Å²) >= 11 is 11.2. The maximum absolute atomic E-state index is 10.8. The molecular formula is C20H28Cl2O4. The second-order valence-corrected chi connectivity index (χ2v) is 6.90. The van der Waals surface area contributed by atoms with Crippen LogP contribution in [0.1, 0.15) is 44.7 Å². The van der Waals surface area contributed by atoms with E-state index in [4.69, 9.17) is 37.4 Å². The van der Waals surface area contributed by atoms with Crippen LogP contribution in [0.15, 0.2) is 22.7 Å². The van der Waals surface area contributed by atoms with Crippen molar-refractivity contribution in [1.82, 2.24) is 0 Å². The Morgan fingerprint density at radius 3 is 2.19 bits per heavy atom. The van der Waals surface area contributed by atoms with Gasteiger partial charge in [-0.25, -0.2) is 0 Å². The van der Waals surface area contributed by atoms with E-state index in [1.165, 1.54) is 6.92 Å². The van der Waals surface area contributed by atoms with Gasteiger partial charge in [0, 0.05) is 6.61 Å². The first-order chi connectivity index (χ1) is 12.5. The summed E-state index contributed by atoms with van der Waals surface area (Å²) in [6.45, 7) is 7.42. The predicted molar refractivity (Wildman–Crippen MR) is 107 cm³/mol. The van der Waals surface area contributed by atoms with Crippen molar-refractivity contribution in [2.75, 3.05) is 26.4 Å². The Kier molecular flexibility index (Phi) is 11.4. The molecule has 4 nitrogen and oxygen atoms in total. The van der Waals surface area contributed by atoms with Gasteiger partial charge >= 0.3 is 0 Å². The van der Waals surface area contributed by atoms with Crippen molar-refractivity contribution in [3.8, 4) is 11.5 Å². The highest BCUT2D eigenvalue weighted by Gasteiger charge is 2.11. The summed E-state index contributed by atoms with van der Waals surface area (Å²) in [6.07, 6.45) is 5.06. The zero-order chi connectivity index (χ0) is 19.4. The van der Waals surface area contributed by atoms with Crippen molar-refractivity contribution in [2.45, 2.75) is 46.5 Å². The third-order valence-electron chi connectivity index (χ3n) is 3.70. The summed E-state index contributed by atoms with van der Waals surface area (Å²) < 4.78 is 17.2. The molecule has 0 radical (unpaired) electrons. The fourth-order valence-corrected chi connectivity index (χ4v) is 2.54. The summed E-state index contributed by atoms with van der Waals surface area (Å²) in [4.78, 5) is 10.8. The quantitative estimate of drug-likeness (QED) is 0.421. The van der Waals surface area contributed by atoms with Crippen LogP contribution in [0.3, 0.4) is 0 Å². The number of benzene rings is 1. The maximum atomic E-state index is 10.8. The summed E-state index contributed by atoms with van der Waals surface area (Å²) in [7, 11) is 0. The topological polar surface area (TPSA) is 44.8 Å².